The maximum atomic E-state index is 12.9. The van der Waals surface area contributed by atoms with Crippen LogP contribution in [0.2, 0.25) is 0 Å². The van der Waals surface area contributed by atoms with Crippen LogP contribution >= 0.6 is 23.4 Å². The Morgan fingerprint density at radius 3 is 2.47 bits per heavy atom. The van der Waals surface area contributed by atoms with Gasteiger partial charge in [-0.15, -0.1) is 0 Å². The Morgan fingerprint density at radius 2 is 1.85 bits per heavy atom. The van der Waals surface area contributed by atoms with E-state index in [0.29, 0.717) is 36.6 Å². The second kappa shape index (κ2) is 11.2. The molecule has 0 aliphatic rings. The minimum Gasteiger partial charge on any atom is -0.497 e. The molecule has 0 saturated heterocycles. The lowest BCUT2D eigenvalue weighted by molar-refractivity contribution is 0.257. The number of carbonyl (C=O) groups is 1. The van der Waals surface area contributed by atoms with E-state index in [1.165, 1.54) is 31.4 Å². The van der Waals surface area contributed by atoms with E-state index in [1.54, 1.807) is 44.2 Å². The topological polar surface area (TPSA) is 122 Å². The van der Waals surface area contributed by atoms with Gasteiger partial charge in [0.25, 0.3) is 5.56 Å². The van der Waals surface area contributed by atoms with Crippen molar-refractivity contribution in [3.63, 3.8) is 0 Å². The maximum Gasteiger partial charge on any atom is 0.333 e. The number of ether oxygens (including phenoxy) is 1. The number of carbonyl (C=O) groups excluding carboxylic acids is 1. The lowest BCUT2D eigenvalue weighted by Crippen LogP contribution is -2.33. The SMILES string of the molecule is C/C=C(/Cl)S/C(=C\C)S(=O)NC(=O)Nc1ccc(-n2c(=O)[nH]c3cc(OC)ccc3c2=O)cc1. The van der Waals surface area contributed by atoms with Gasteiger partial charge in [0.1, 0.15) is 5.75 Å². The van der Waals surface area contributed by atoms with E-state index >= 15 is 0 Å². The number of fused-ring (bicyclic) bond motifs is 1. The van der Waals surface area contributed by atoms with Gasteiger partial charge in [-0.2, -0.15) is 0 Å². The monoisotopic (exact) mass is 520 g/mol. The first-order chi connectivity index (χ1) is 16.3. The minimum atomic E-state index is -1.80. The molecule has 0 aliphatic carbocycles. The Morgan fingerprint density at radius 1 is 1.15 bits per heavy atom. The van der Waals surface area contributed by atoms with Gasteiger partial charge in [0.2, 0.25) is 0 Å². The predicted molar refractivity (Wildman–Crippen MR) is 138 cm³/mol. The van der Waals surface area contributed by atoms with Crippen LogP contribution in [-0.4, -0.2) is 26.9 Å². The van der Waals surface area contributed by atoms with Crippen molar-refractivity contribution in [2.75, 3.05) is 12.4 Å². The second-order valence-corrected chi connectivity index (χ2v) is 9.81. The van der Waals surface area contributed by atoms with Gasteiger partial charge >= 0.3 is 11.7 Å². The number of halogens is 1. The van der Waals surface area contributed by atoms with Crippen LogP contribution in [0.5, 0.6) is 5.75 Å². The molecule has 12 heteroatoms. The van der Waals surface area contributed by atoms with E-state index < -0.39 is 28.3 Å². The van der Waals surface area contributed by atoms with E-state index in [1.807, 2.05) is 0 Å². The third-order valence-electron chi connectivity index (χ3n) is 4.52. The van der Waals surface area contributed by atoms with Gasteiger partial charge < -0.3 is 15.0 Å². The highest BCUT2D eigenvalue weighted by Gasteiger charge is 2.14. The van der Waals surface area contributed by atoms with E-state index in [2.05, 4.69) is 15.0 Å². The van der Waals surface area contributed by atoms with Gasteiger partial charge in [-0.3, -0.25) is 9.52 Å². The largest absolute Gasteiger partial charge is 0.497 e. The Balaban J connectivity index is 1.77. The van der Waals surface area contributed by atoms with Crippen LogP contribution in [0.3, 0.4) is 0 Å². The number of anilines is 1. The summed E-state index contributed by atoms with van der Waals surface area (Å²) in [5.41, 5.74) is -0.0633. The van der Waals surface area contributed by atoms with E-state index in [-0.39, 0.29) is 0 Å². The van der Waals surface area contributed by atoms with Crippen LogP contribution in [0.15, 0.2) is 72.8 Å². The molecular formula is C22H21ClN4O5S2. The van der Waals surface area contributed by atoms with E-state index in [4.69, 9.17) is 16.3 Å². The third kappa shape index (κ3) is 5.79. The number of aromatic nitrogens is 2. The van der Waals surface area contributed by atoms with E-state index in [9.17, 15) is 18.6 Å². The van der Waals surface area contributed by atoms with Crippen LogP contribution in [0.25, 0.3) is 16.6 Å². The number of allylic oxidation sites excluding steroid dienone is 2. The molecule has 0 fully saturated rings. The summed E-state index contributed by atoms with van der Waals surface area (Å²) in [5, 5.41) is 2.87. The molecule has 1 aromatic heterocycles. The first-order valence-corrected chi connectivity index (χ1v) is 12.2. The highest BCUT2D eigenvalue weighted by atomic mass is 35.5. The standard InChI is InChI=1S/C22H21ClN4O5S2/c1-4-18(23)33-19(5-2)34(31)26-21(29)24-13-6-8-14(9-7-13)27-20(28)16-11-10-15(32-3)12-17(16)25-22(27)30/h4-12H,1-3H3,(H,25,30)(H2,24,26,29)/b18-4-,19-5+. The average Bonchev–Trinajstić information content (AvgIpc) is 2.82. The van der Waals surface area contributed by atoms with Gasteiger partial charge in [-0.25, -0.2) is 18.4 Å². The lowest BCUT2D eigenvalue weighted by Gasteiger charge is -2.11. The van der Waals surface area contributed by atoms with Crippen molar-refractivity contribution in [1.29, 1.82) is 0 Å². The summed E-state index contributed by atoms with van der Waals surface area (Å²) in [4.78, 5) is 40.4. The average molecular weight is 521 g/mol. The number of methoxy groups -OCH3 is 1. The number of benzene rings is 2. The Hall–Kier alpha value is -3.28. The molecule has 0 radical (unpaired) electrons. The second-order valence-electron chi connectivity index (χ2n) is 6.66. The highest BCUT2D eigenvalue weighted by molar-refractivity contribution is 8.19. The van der Waals surface area contributed by atoms with Crippen LogP contribution in [0.4, 0.5) is 10.5 Å². The van der Waals surface area contributed by atoms with Crippen LogP contribution in [0, 0.1) is 0 Å². The molecule has 2 amide bonds. The lowest BCUT2D eigenvalue weighted by atomic mass is 10.2. The van der Waals surface area contributed by atoms with Crippen LogP contribution < -0.4 is 26.0 Å². The molecular weight excluding hydrogens is 500 g/mol. The number of aromatic amines is 1. The van der Waals surface area contributed by atoms with Crippen molar-refractivity contribution in [2.24, 2.45) is 0 Å². The fraction of sp³-hybridized carbons (Fsp3) is 0.136. The summed E-state index contributed by atoms with van der Waals surface area (Å²) in [5.74, 6) is 0.514. The zero-order valence-corrected chi connectivity index (χ0v) is 20.8. The predicted octanol–water partition coefficient (Wildman–Crippen LogP) is 4.17. The number of rotatable bonds is 7. The van der Waals surface area contributed by atoms with Gasteiger partial charge in [0.05, 0.1) is 32.3 Å². The quantitative estimate of drug-likeness (QED) is 0.430. The van der Waals surface area contributed by atoms with Crippen molar-refractivity contribution in [3.05, 3.63) is 84.1 Å². The smallest absolute Gasteiger partial charge is 0.333 e. The molecule has 0 spiro atoms. The Labute approximate surface area is 206 Å². The molecule has 0 aliphatic heterocycles. The summed E-state index contributed by atoms with van der Waals surface area (Å²) in [6.07, 6.45) is 3.24. The zero-order valence-electron chi connectivity index (χ0n) is 18.4. The maximum absolute atomic E-state index is 12.9. The number of urea groups is 1. The highest BCUT2D eigenvalue weighted by Crippen LogP contribution is 2.29. The number of thioether (sulfide) groups is 1. The van der Waals surface area contributed by atoms with Crippen LogP contribution in [-0.2, 0) is 11.0 Å². The minimum absolute atomic E-state index is 0.312. The van der Waals surface area contributed by atoms with Crippen molar-refractivity contribution in [2.45, 2.75) is 13.8 Å². The molecule has 34 heavy (non-hydrogen) atoms. The Kier molecular flexibility index (Phi) is 8.37. The first kappa shape index (κ1) is 25.3. The Bertz CT molecular complexity index is 1430. The molecule has 2 aromatic carbocycles. The fourth-order valence-electron chi connectivity index (χ4n) is 2.90. The molecule has 1 heterocycles. The van der Waals surface area contributed by atoms with Crippen molar-refractivity contribution < 1.29 is 13.7 Å². The normalized spacial score (nSPS) is 12.9. The molecule has 0 saturated carbocycles. The summed E-state index contributed by atoms with van der Waals surface area (Å²) >= 11 is 7.03. The van der Waals surface area contributed by atoms with E-state index in [0.717, 1.165) is 16.3 Å². The molecule has 1 unspecified atom stereocenters. The number of nitrogens with one attached hydrogen (secondary N) is 3. The first-order valence-electron chi connectivity index (χ1n) is 9.86. The van der Waals surface area contributed by atoms with Crippen molar-refractivity contribution in [3.8, 4) is 11.4 Å². The number of amides is 2. The molecule has 3 N–H and O–H groups in total. The zero-order chi connectivity index (χ0) is 24.8. The number of hydrogen-bond acceptors (Lipinski definition) is 6. The number of nitrogens with zero attached hydrogens (tertiary/aromatic N) is 1. The summed E-state index contributed by atoms with van der Waals surface area (Å²) in [6.45, 7) is 3.43. The van der Waals surface area contributed by atoms with Crippen molar-refractivity contribution in [1.82, 2.24) is 14.3 Å². The van der Waals surface area contributed by atoms with Gasteiger partial charge in [-0.05, 0) is 50.2 Å². The fourth-order valence-corrected chi connectivity index (χ4v) is 4.95. The molecule has 1 atom stereocenters. The van der Waals surface area contributed by atoms with Gasteiger partial charge in [-0.1, -0.05) is 35.5 Å². The summed E-state index contributed by atoms with van der Waals surface area (Å²) < 4.78 is 21.6. The van der Waals surface area contributed by atoms with Gasteiger partial charge in [0.15, 0.2) is 11.0 Å². The van der Waals surface area contributed by atoms with Crippen LogP contribution in [0.1, 0.15) is 13.8 Å². The molecule has 178 valence electrons. The molecule has 9 nitrogen and oxygen atoms in total. The summed E-state index contributed by atoms with van der Waals surface area (Å²) in [6, 6.07) is 10.1. The molecule has 0 bridgehead atoms. The molecule has 3 rings (SSSR count). The summed E-state index contributed by atoms with van der Waals surface area (Å²) in [7, 11) is -0.311. The number of hydrogen-bond donors (Lipinski definition) is 3. The van der Waals surface area contributed by atoms with Gasteiger partial charge in [0, 0.05) is 11.8 Å². The molecule has 3 aromatic rings. The third-order valence-corrected chi connectivity index (χ3v) is 7.51. The van der Waals surface area contributed by atoms with Crippen molar-refractivity contribution >= 4 is 57.0 Å². The number of H-pyrrole nitrogens is 1.